The van der Waals surface area contributed by atoms with Gasteiger partial charge in [0.15, 0.2) is 0 Å². The highest BCUT2D eigenvalue weighted by molar-refractivity contribution is 5.12. The number of hydrogen-bond donors (Lipinski definition) is 1. The van der Waals surface area contributed by atoms with Crippen molar-refractivity contribution in [1.82, 2.24) is 0 Å². The van der Waals surface area contributed by atoms with Gasteiger partial charge in [0.25, 0.3) is 0 Å². The van der Waals surface area contributed by atoms with Crippen molar-refractivity contribution in [2.75, 3.05) is 0 Å². The Morgan fingerprint density at radius 1 is 1.10 bits per heavy atom. The van der Waals surface area contributed by atoms with Crippen molar-refractivity contribution in [3.8, 4) is 0 Å². The molecule has 1 heteroatoms. The summed E-state index contributed by atoms with van der Waals surface area (Å²) in [6.45, 7) is 2.31. The Balaban J connectivity index is 1.79. The second-order valence-electron chi connectivity index (χ2n) is 7.18. The predicted molar refractivity (Wildman–Crippen MR) is 88.7 cm³/mol. The molecule has 0 aliphatic heterocycles. The van der Waals surface area contributed by atoms with Crippen molar-refractivity contribution in [3.05, 3.63) is 11.6 Å². The molecule has 2 rings (SSSR count). The standard InChI is InChI=1S/C19H35N/c1-2-3-9-16-12-14-18(15-13-16)19(20)17-10-7-5-4-6-8-11-17/h10,16,18-19H,2-9,11-15,20H2,1H3. The highest BCUT2D eigenvalue weighted by Gasteiger charge is 2.27. The van der Waals surface area contributed by atoms with Crippen LogP contribution < -0.4 is 5.73 Å². The smallest absolute Gasteiger partial charge is 0.0282 e. The summed E-state index contributed by atoms with van der Waals surface area (Å²) in [5, 5.41) is 0. The first-order chi connectivity index (χ1) is 9.81. The van der Waals surface area contributed by atoms with Crippen LogP contribution in [0.5, 0.6) is 0 Å². The van der Waals surface area contributed by atoms with Gasteiger partial charge in [-0.05, 0) is 50.4 Å². The Morgan fingerprint density at radius 3 is 2.60 bits per heavy atom. The van der Waals surface area contributed by atoms with Crippen LogP contribution in [0.15, 0.2) is 11.6 Å². The van der Waals surface area contributed by atoms with Crippen LogP contribution in [0.4, 0.5) is 0 Å². The van der Waals surface area contributed by atoms with Gasteiger partial charge in [-0.3, -0.25) is 0 Å². The number of nitrogens with two attached hydrogens (primary N) is 1. The molecule has 2 aliphatic carbocycles. The van der Waals surface area contributed by atoms with Crippen molar-refractivity contribution in [3.63, 3.8) is 0 Å². The van der Waals surface area contributed by atoms with Crippen LogP contribution in [0.3, 0.4) is 0 Å². The molecule has 2 N–H and O–H groups in total. The molecule has 0 spiro atoms. The zero-order valence-corrected chi connectivity index (χ0v) is 13.6. The third kappa shape index (κ3) is 4.91. The molecule has 0 aromatic rings. The first-order valence-corrected chi connectivity index (χ1v) is 9.25. The average molecular weight is 277 g/mol. The molecular weight excluding hydrogens is 242 g/mol. The van der Waals surface area contributed by atoms with E-state index in [1.807, 2.05) is 0 Å². The molecule has 0 saturated heterocycles. The quantitative estimate of drug-likeness (QED) is 0.651. The number of unbranched alkanes of at least 4 members (excludes halogenated alkanes) is 1. The SMILES string of the molecule is CCCCC1CCC(C(N)C2=CCCCCCC2)CC1. The van der Waals surface area contributed by atoms with Crippen molar-refractivity contribution >= 4 is 0 Å². The average Bonchev–Trinajstić information content (AvgIpc) is 2.45. The van der Waals surface area contributed by atoms with Crippen LogP contribution in [-0.2, 0) is 0 Å². The van der Waals surface area contributed by atoms with Crippen molar-refractivity contribution in [2.45, 2.75) is 96.4 Å². The molecule has 0 bridgehead atoms. The van der Waals surface area contributed by atoms with Gasteiger partial charge < -0.3 is 5.73 Å². The maximum Gasteiger partial charge on any atom is 0.0282 e. The largest absolute Gasteiger partial charge is 0.324 e. The maximum atomic E-state index is 6.62. The molecule has 0 radical (unpaired) electrons. The van der Waals surface area contributed by atoms with E-state index in [1.54, 1.807) is 5.57 Å². The van der Waals surface area contributed by atoms with Crippen LogP contribution in [-0.4, -0.2) is 6.04 Å². The van der Waals surface area contributed by atoms with Gasteiger partial charge in [-0.25, -0.2) is 0 Å². The van der Waals surface area contributed by atoms with Gasteiger partial charge in [0.2, 0.25) is 0 Å². The molecule has 1 fully saturated rings. The summed E-state index contributed by atoms with van der Waals surface area (Å²) in [6.07, 6.45) is 20.5. The highest BCUT2D eigenvalue weighted by Crippen LogP contribution is 2.35. The molecule has 0 aromatic carbocycles. The molecule has 0 amide bonds. The molecule has 2 aliphatic rings. The Bertz CT molecular complexity index is 286. The summed E-state index contributed by atoms with van der Waals surface area (Å²) in [5.41, 5.74) is 8.22. The predicted octanol–water partition coefficient (Wildman–Crippen LogP) is 5.59. The lowest BCUT2D eigenvalue weighted by Gasteiger charge is -2.33. The fourth-order valence-electron chi connectivity index (χ4n) is 4.15. The Labute approximate surface area is 126 Å². The van der Waals surface area contributed by atoms with E-state index in [0.717, 1.165) is 11.8 Å². The minimum absolute atomic E-state index is 0.375. The minimum atomic E-state index is 0.375. The lowest BCUT2D eigenvalue weighted by molar-refractivity contribution is 0.240. The summed E-state index contributed by atoms with van der Waals surface area (Å²) in [7, 11) is 0. The summed E-state index contributed by atoms with van der Waals surface area (Å²) in [5.74, 6) is 1.78. The Kier molecular flexibility index (Phi) is 7.13. The zero-order valence-electron chi connectivity index (χ0n) is 13.6. The van der Waals surface area contributed by atoms with Gasteiger partial charge in [0.1, 0.15) is 0 Å². The fourth-order valence-corrected chi connectivity index (χ4v) is 4.15. The second-order valence-corrected chi connectivity index (χ2v) is 7.18. The molecule has 20 heavy (non-hydrogen) atoms. The first kappa shape index (κ1) is 16.1. The number of allylic oxidation sites excluding steroid dienone is 1. The molecule has 1 nitrogen and oxygen atoms in total. The van der Waals surface area contributed by atoms with E-state index in [-0.39, 0.29) is 0 Å². The van der Waals surface area contributed by atoms with Gasteiger partial charge in [-0.15, -0.1) is 0 Å². The molecule has 0 heterocycles. The highest BCUT2D eigenvalue weighted by atomic mass is 14.7. The summed E-state index contributed by atoms with van der Waals surface area (Å²) in [4.78, 5) is 0. The van der Waals surface area contributed by atoms with Crippen LogP contribution in [0, 0.1) is 11.8 Å². The summed E-state index contributed by atoms with van der Waals surface area (Å²) in [6, 6.07) is 0.375. The van der Waals surface area contributed by atoms with Crippen LogP contribution in [0.1, 0.15) is 90.4 Å². The topological polar surface area (TPSA) is 26.0 Å². The van der Waals surface area contributed by atoms with Crippen LogP contribution >= 0.6 is 0 Å². The molecule has 1 unspecified atom stereocenters. The molecule has 0 aromatic heterocycles. The van der Waals surface area contributed by atoms with Crippen LogP contribution in [0.2, 0.25) is 0 Å². The van der Waals surface area contributed by atoms with Crippen LogP contribution in [0.25, 0.3) is 0 Å². The van der Waals surface area contributed by atoms with E-state index in [0.29, 0.717) is 6.04 Å². The van der Waals surface area contributed by atoms with Gasteiger partial charge in [0, 0.05) is 6.04 Å². The van der Waals surface area contributed by atoms with E-state index < -0.39 is 0 Å². The third-order valence-electron chi connectivity index (χ3n) is 5.62. The van der Waals surface area contributed by atoms with Gasteiger partial charge in [-0.2, -0.15) is 0 Å². The Morgan fingerprint density at radius 2 is 1.85 bits per heavy atom. The maximum absolute atomic E-state index is 6.62. The first-order valence-electron chi connectivity index (χ1n) is 9.25. The Hall–Kier alpha value is -0.300. The number of rotatable bonds is 5. The zero-order chi connectivity index (χ0) is 14.2. The normalized spacial score (nSPS) is 30.2. The molecule has 116 valence electrons. The van der Waals surface area contributed by atoms with Gasteiger partial charge in [-0.1, -0.05) is 63.5 Å². The van der Waals surface area contributed by atoms with Crippen molar-refractivity contribution in [2.24, 2.45) is 17.6 Å². The van der Waals surface area contributed by atoms with Gasteiger partial charge in [0.05, 0.1) is 0 Å². The van der Waals surface area contributed by atoms with E-state index >= 15 is 0 Å². The lowest BCUT2D eigenvalue weighted by atomic mass is 9.74. The van der Waals surface area contributed by atoms with Crippen molar-refractivity contribution < 1.29 is 0 Å². The lowest BCUT2D eigenvalue weighted by Crippen LogP contribution is -2.35. The van der Waals surface area contributed by atoms with Gasteiger partial charge >= 0.3 is 0 Å². The summed E-state index contributed by atoms with van der Waals surface area (Å²) < 4.78 is 0. The van der Waals surface area contributed by atoms with E-state index in [4.69, 9.17) is 5.73 Å². The molecule has 1 saturated carbocycles. The summed E-state index contributed by atoms with van der Waals surface area (Å²) >= 11 is 0. The minimum Gasteiger partial charge on any atom is -0.324 e. The van der Waals surface area contributed by atoms with E-state index in [1.165, 1.54) is 83.5 Å². The fraction of sp³-hybridized carbons (Fsp3) is 0.895. The third-order valence-corrected chi connectivity index (χ3v) is 5.62. The van der Waals surface area contributed by atoms with Crippen molar-refractivity contribution in [1.29, 1.82) is 0 Å². The molecular formula is C19H35N. The number of hydrogen-bond acceptors (Lipinski definition) is 1. The second kappa shape index (κ2) is 8.87. The van der Waals surface area contributed by atoms with E-state index in [9.17, 15) is 0 Å². The van der Waals surface area contributed by atoms with E-state index in [2.05, 4.69) is 13.0 Å². The monoisotopic (exact) mass is 277 g/mol. The molecule has 1 atom stereocenters.